The number of benzene rings is 2. The molecule has 0 amide bonds. The summed E-state index contributed by atoms with van der Waals surface area (Å²) in [4.78, 5) is 0. The van der Waals surface area contributed by atoms with E-state index >= 15 is 0 Å². The Morgan fingerprint density at radius 1 is 0.789 bits per heavy atom. The van der Waals surface area contributed by atoms with Crippen LogP contribution in [-0.2, 0) is 0 Å². The molecule has 0 radical (unpaired) electrons. The average molecular weight is 256 g/mol. The van der Waals surface area contributed by atoms with E-state index in [0.29, 0.717) is 6.61 Å². The van der Waals surface area contributed by atoms with E-state index in [9.17, 15) is 0 Å². The van der Waals surface area contributed by atoms with Crippen molar-refractivity contribution in [1.29, 1.82) is 0 Å². The molecule has 0 aliphatic carbocycles. The predicted molar refractivity (Wildman–Crippen MR) is 77.9 cm³/mol. The summed E-state index contributed by atoms with van der Waals surface area (Å²) in [5.74, 6) is 2.46. The molecule has 19 heavy (non-hydrogen) atoms. The first-order valence-electron chi connectivity index (χ1n) is 6.49. The maximum Gasteiger partial charge on any atom is 0.131 e. The van der Waals surface area contributed by atoms with Crippen LogP contribution in [0.4, 0.5) is 0 Å². The molecule has 0 aromatic heterocycles. The third-order valence-corrected chi connectivity index (χ3v) is 2.46. The Hall–Kier alpha value is -1.96. The molecule has 0 aliphatic heterocycles. The lowest BCUT2D eigenvalue weighted by Gasteiger charge is -2.19. The van der Waals surface area contributed by atoms with Gasteiger partial charge in [-0.15, -0.1) is 0 Å². The molecule has 2 nitrogen and oxygen atoms in total. The molecule has 2 rings (SSSR count). The highest BCUT2D eigenvalue weighted by Gasteiger charge is 2.11. The first-order chi connectivity index (χ1) is 9.03. The number of hydrogen-bond donors (Lipinski definition) is 0. The Kier molecular flexibility index (Phi) is 4.10. The van der Waals surface area contributed by atoms with E-state index in [1.54, 1.807) is 0 Å². The standard InChI is InChI=1S/C17H20O2/c1-17(2,3)13-18-15-10-7-11-16(12-15)19-14-8-5-4-6-9-14/h4-12H,13H2,1-3H3. The minimum atomic E-state index is 0.149. The van der Waals surface area contributed by atoms with E-state index in [1.165, 1.54) is 0 Å². The van der Waals surface area contributed by atoms with E-state index < -0.39 is 0 Å². The van der Waals surface area contributed by atoms with Crippen LogP contribution in [0.2, 0.25) is 0 Å². The van der Waals surface area contributed by atoms with Crippen molar-refractivity contribution in [3.05, 3.63) is 54.6 Å². The minimum absolute atomic E-state index is 0.149. The summed E-state index contributed by atoms with van der Waals surface area (Å²) in [5.41, 5.74) is 0.149. The molecule has 0 saturated heterocycles. The molecule has 0 N–H and O–H groups in total. The zero-order valence-corrected chi connectivity index (χ0v) is 11.7. The zero-order chi connectivity index (χ0) is 13.7. The second kappa shape index (κ2) is 5.79. The molecule has 0 unspecified atom stereocenters. The molecule has 0 spiro atoms. The molecule has 0 fully saturated rings. The minimum Gasteiger partial charge on any atom is -0.493 e. The van der Waals surface area contributed by atoms with Crippen molar-refractivity contribution in [2.45, 2.75) is 20.8 Å². The first-order valence-corrected chi connectivity index (χ1v) is 6.49. The normalized spacial score (nSPS) is 11.1. The van der Waals surface area contributed by atoms with Gasteiger partial charge in [-0.2, -0.15) is 0 Å². The summed E-state index contributed by atoms with van der Waals surface area (Å²) in [7, 11) is 0. The number of para-hydroxylation sites is 1. The third-order valence-electron chi connectivity index (χ3n) is 2.46. The second-order valence-corrected chi connectivity index (χ2v) is 5.74. The van der Waals surface area contributed by atoms with Gasteiger partial charge in [0.1, 0.15) is 17.2 Å². The monoisotopic (exact) mass is 256 g/mol. The van der Waals surface area contributed by atoms with Gasteiger partial charge in [0.05, 0.1) is 6.61 Å². The van der Waals surface area contributed by atoms with Crippen LogP contribution < -0.4 is 9.47 Å². The van der Waals surface area contributed by atoms with Gasteiger partial charge in [0.25, 0.3) is 0 Å². The van der Waals surface area contributed by atoms with Crippen molar-refractivity contribution < 1.29 is 9.47 Å². The molecule has 2 heteroatoms. The van der Waals surface area contributed by atoms with Gasteiger partial charge in [0.2, 0.25) is 0 Å². The Morgan fingerprint density at radius 2 is 1.42 bits per heavy atom. The van der Waals surface area contributed by atoms with Crippen LogP contribution >= 0.6 is 0 Å². The highest BCUT2D eigenvalue weighted by atomic mass is 16.5. The van der Waals surface area contributed by atoms with Crippen LogP contribution in [0.5, 0.6) is 17.2 Å². The largest absolute Gasteiger partial charge is 0.493 e. The Labute approximate surface area is 115 Å². The predicted octanol–water partition coefficient (Wildman–Crippen LogP) is 4.90. The average Bonchev–Trinajstić information content (AvgIpc) is 2.37. The van der Waals surface area contributed by atoms with Crippen molar-refractivity contribution in [1.82, 2.24) is 0 Å². The SMILES string of the molecule is CC(C)(C)COc1cccc(Oc2ccccc2)c1. The molecule has 0 aliphatic rings. The van der Waals surface area contributed by atoms with Gasteiger partial charge < -0.3 is 9.47 Å². The number of rotatable bonds is 4. The highest BCUT2D eigenvalue weighted by Crippen LogP contribution is 2.26. The van der Waals surface area contributed by atoms with Gasteiger partial charge in [-0.3, -0.25) is 0 Å². The topological polar surface area (TPSA) is 18.5 Å². The van der Waals surface area contributed by atoms with Gasteiger partial charge in [-0.1, -0.05) is 45.0 Å². The maximum absolute atomic E-state index is 5.77. The van der Waals surface area contributed by atoms with E-state index in [0.717, 1.165) is 17.2 Å². The molecule has 0 atom stereocenters. The fraction of sp³-hybridized carbons (Fsp3) is 0.294. The Morgan fingerprint density at radius 3 is 2.11 bits per heavy atom. The van der Waals surface area contributed by atoms with Crippen LogP contribution in [0, 0.1) is 5.41 Å². The van der Waals surface area contributed by atoms with Crippen molar-refractivity contribution in [3.8, 4) is 17.2 Å². The smallest absolute Gasteiger partial charge is 0.131 e. The Bertz CT molecular complexity index is 512. The van der Waals surface area contributed by atoms with E-state index in [4.69, 9.17) is 9.47 Å². The number of ether oxygens (including phenoxy) is 2. The molecular weight excluding hydrogens is 236 g/mol. The first kappa shape index (κ1) is 13.5. The van der Waals surface area contributed by atoms with Gasteiger partial charge in [0.15, 0.2) is 0 Å². The zero-order valence-electron chi connectivity index (χ0n) is 11.7. The number of hydrogen-bond acceptors (Lipinski definition) is 2. The third kappa shape index (κ3) is 4.66. The molecule has 2 aromatic rings. The molecule has 2 aromatic carbocycles. The summed E-state index contributed by atoms with van der Waals surface area (Å²) >= 11 is 0. The molecule has 100 valence electrons. The molecular formula is C17H20O2. The molecule has 0 saturated carbocycles. The van der Waals surface area contributed by atoms with Crippen molar-refractivity contribution in [2.24, 2.45) is 5.41 Å². The van der Waals surface area contributed by atoms with Crippen molar-refractivity contribution in [2.75, 3.05) is 6.61 Å². The summed E-state index contributed by atoms with van der Waals surface area (Å²) in [5, 5.41) is 0. The lowest BCUT2D eigenvalue weighted by atomic mass is 9.99. The summed E-state index contributed by atoms with van der Waals surface area (Å²) in [6.45, 7) is 7.13. The van der Waals surface area contributed by atoms with Crippen LogP contribution in [0.15, 0.2) is 54.6 Å². The van der Waals surface area contributed by atoms with E-state index in [-0.39, 0.29) is 5.41 Å². The van der Waals surface area contributed by atoms with Gasteiger partial charge >= 0.3 is 0 Å². The van der Waals surface area contributed by atoms with E-state index in [2.05, 4.69) is 20.8 Å². The van der Waals surface area contributed by atoms with Gasteiger partial charge in [-0.05, 0) is 29.7 Å². The van der Waals surface area contributed by atoms with Gasteiger partial charge in [-0.25, -0.2) is 0 Å². The van der Waals surface area contributed by atoms with Crippen LogP contribution in [0.1, 0.15) is 20.8 Å². The second-order valence-electron chi connectivity index (χ2n) is 5.74. The summed E-state index contributed by atoms with van der Waals surface area (Å²) in [6, 6.07) is 17.5. The molecule has 0 bridgehead atoms. The maximum atomic E-state index is 5.77. The van der Waals surface area contributed by atoms with Crippen LogP contribution in [0.3, 0.4) is 0 Å². The van der Waals surface area contributed by atoms with Gasteiger partial charge in [0, 0.05) is 6.07 Å². The highest BCUT2D eigenvalue weighted by molar-refractivity contribution is 5.36. The van der Waals surface area contributed by atoms with Crippen LogP contribution in [-0.4, -0.2) is 6.61 Å². The van der Waals surface area contributed by atoms with Crippen LogP contribution in [0.25, 0.3) is 0 Å². The lowest BCUT2D eigenvalue weighted by Crippen LogP contribution is -2.16. The summed E-state index contributed by atoms with van der Waals surface area (Å²) < 4.78 is 11.5. The molecule has 0 heterocycles. The fourth-order valence-electron chi connectivity index (χ4n) is 1.55. The van der Waals surface area contributed by atoms with Crippen molar-refractivity contribution in [3.63, 3.8) is 0 Å². The fourth-order valence-corrected chi connectivity index (χ4v) is 1.55. The van der Waals surface area contributed by atoms with E-state index in [1.807, 2.05) is 54.6 Å². The lowest BCUT2D eigenvalue weighted by molar-refractivity contribution is 0.197. The van der Waals surface area contributed by atoms with Crippen molar-refractivity contribution >= 4 is 0 Å². The Balaban J connectivity index is 2.03. The summed E-state index contributed by atoms with van der Waals surface area (Å²) in [6.07, 6.45) is 0. The quantitative estimate of drug-likeness (QED) is 0.774.